The van der Waals surface area contributed by atoms with Crippen LogP contribution in [0.15, 0.2) is 43.2 Å². The first-order chi connectivity index (χ1) is 9.20. The summed E-state index contributed by atoms with van der Waals surface area (Å²) in [7, 11) is 0. The van der Waals surface area contributed by atoms with Gasteiger partial charge in [0.15, 0.2) is 0 Å². The van der Waals surface area contributed by atoms with Gasteiger partial charge in [0.25, 0.3) is 0 Å². The van der Waals surface area contributed by atoms with Gasteiger partial charge in [0.1, 0.15) is 5.65 Å². The summed E-state index contributed by atoms with van der Waals surface area (Å²) < 4.78 is 2.07. The Bertz CT molecular complexity index is 497. The third-order valence-corrected chi connectivity index (χ3v) is 3.65. The second-order valence-corrected chi connectivity index (χ2v) is 5.19. The van der Waals surface area contributed by atoms with E-state index in [0.717, 1.165) is 30.7 Å². The summed E-state index contributed by atoms with van der Waals surface area (Å²) in [5, 5.41) is 3.56. The van der Waals surface area contributed by atoms with Gasteiger partial charge >= 0.3 is 0 Å². The van der Waals surface area contributed by atoms with Gasteiger partial charge in [-0.25, -0.2) is 4.98 Å². The van der Waals surface area contributed by atoms with Gasteiger partial charge in [0, 0.05) is 31.4 Å². The molecule has 0 spiro atoms. The molecule has 3 heteroatoms. The molecule has 2 rings (SSSR count). The van der Waals surface area contributed by atoms with Crippen molar-refractivity contribution in [1.29, 1.82) is 0 Å². The van der Waals surface area contributed by atoms with E-state index in [1.165, 1.54) is 0 Å². The zero-order chi connectivity index (χ0) is 13.7. The summed E-state index contributed by atoms with van der Waals surface area (Å²) in [5.74, 6) is 0.624. The molecule has 0 fully saturated rings. The van der Waals surface area contributed by atoms with Crippen molar-refractivity contribution in [2.75, 3.05) is 6.54 Å². The number of nitrogens with zero attached hydrogens (tertiary/aromatic N) is 2. The highest BCUT2D eigenvalue weighted by Crippen LogP contribution is 2.08. The first kappa shape index (κ1) is 13.8. The Balaban J connectivity index is 1.83. The van der Waals surface area contributed by atoms with E-state index in [1.807, 2.05) is 30.5 Å². The number of hydrogen-bond acceptors (Lipinski definition) is 2. The minimum Gasteiger partial charge on any atom is -0.314 e. The van der Waals surface area contributed by atoms with E-state index in [9.17, 15) is 0 Å². The van der Waals surface area contributed by atoms with Crippen LogP contribution in [0.5, 0.6) is 0 Å². The Morgan fingerprint density at radius 1 is 1.42 bits per heavy atom. The fourth-order valence-electron chi connectivity index (χ4n) is 2.20. The number of allylic oxidation sites excluding steroid dienone is 1. The van der Waals surface area contributed by atoms with Gasteiger partial charge in [0.05, 0.1) is 5.69 Å². The molecule has 2 heterocycles. The molecule has 0 saturated carbocycles. The van der Waals surface area contributed by atoms with Crippen molar-refractivity contribution >= 4 is 5.65 Å². The van der Waals surface area contributed by atoms with Crippen LogP contribution in [0.2, 0.25) is 0 Å². The maximum atomic E-state index is 4.60. The molecule has 0 amide bonds. The maximum Gasteiger partial charge on any atom is 0.136 e. The second kappa shape index (κ2) is 6.53. The van der Waals surface area contributed by atoms with Crippen LogP contribution in [0.3, 0.4) is 0 Å². The summed E-state index contributed by atoms with van der Waals surface area (Å²) in [6, 6.07) is 6.58. The van der Waals surface area contributed by atoms with Crippen molar-refractivity contribution in [1.82, 2.24) is 14.7 Å². The Labute approximate surface area is 115 Å². The monoisotopic (exact) mass is 257 g/mol. The molecule has 19 heavy (non-hydrogen) atoms. The lowest BCUT2D eigenvalue weighted by Gasteiger charge is -2.19. The lowest BCUT2D eigenvalue weighted by molar-refractivity contribution is 0.405. The molecule has 0 aliphatic heterocycles. The number of rotatable bonds is 7. The van der Waals surface area contributed by atoms with E-state index >= 15 is 0 Å². The molecule has 2 aromatic heterocycles. The van der Waals surface area contributed by atoms with Crippen molar-refractivity contribution in [2.45, 2.75) is 32.7 Å². The Morgan fingerprint density at radius 3 is 3.00 bits per heavy atom. The van der Waals surface area contributed by atoms with Crippen molar-refractivity contribution in [3.05, 3.63) is 48.9 Å². The normalized spacial score (nSPS) is 14.4. The smallest absolute Gasteiger partial charge is 0.136 e. The average Bonchev–Trinajstić information content (AvgIpc) is 2.81. The van der Waals surface area contributed by atoms with Crippen LogP contribution >= 0.6 is 0 Å². The Morgan fingerprint density at radius 2 is 2.26 bits per heavy atom. The van der Waals surface area contributed by atoms with E-state index in [2.05, 4.69) is 41.3 Å². The first-order valence-electron chi connectivity index (χ1n) is 6.97. The highest BCUT2D eigenvalue weighted by molar-refractivity contribution is 5.39. The van der Waals surface area contributed by atoms with Crippen molar-refractivity contribution < 1.29 is 0 Å². The summed E-state index contributed by atoms with van der Waals surface area (Å²) in [6.07, 6.45) is 8.16. The number of pyridine rings is 1. The molecule has 0 aliphatic rings. The topological polar surface area (TPSA) is 29.3 Å². The van der Waals surface area contributed by atoms with Gasteiger partial charge in [-0.05, 0) is 31.4 Å². The zero-order valence-corrected chi connectivity index (χ0v) is 11.8. The minimum atomic E-state index is 0.509. The molecule has 0 unspecified atom stereocenters. The second-order valence-electron chi connectivity index (χ2n) is 5.19. The highest BCUT2D eigenvalue weighted by atomic mass is 15.0. The van der Waals surface area contributed by atoms with E-state index in [4.69, 9.17) is 0 Å². The number of hydrogen-bond donors (Lipinski definition) is 1. The number of nitrogens with one attached hydrogen (secondary N) is 1. The van der Waals surface area contributed by atoms with Crippen LogP contribution in [-0.2, 0) is 6.42 Å². The SMILES string of the molecule is C=CC[C@@H](C)[C@H](C)NCCc1cn2ccccc2n1. The zero-order valence-electron chi connectivity index (χ0n) is 11.8. The molecule has 2 atom stereocenters. The highest BCUT2D eigenvalue weighted by Gasteiger charge is 2.09. The maximum absolute atomic E-state index is 4.60. The van der Waals surface area contributed by atoms with Crippen molar-refractivity contribution in [2.24, 2.45) is 5.92 Å². The lowest BCUT2D eigenvalue weighted by Crippen LogP contribution is -2.33. The molecule has 3 nitrogen and oxygen atoms in total. The first-order valence-corrected chi connectivity index (χ1v) is 6.97. The molecule has 2 aromatic rings. The molecule has 0 radical (unpaired) electrons. The minimum absolute atomic E-state index is 0.509. The predicted molar refractivity (Wildman–Crippen MR) is 80.3 cm³/mol. The average molecular weight is 257 g/mol. The summed E-state index contributed by atoms with van der Waals surface area (Å²) in [6.45, 7) is 9.25. The number of aromatic nitrogens is 2. The number of imidazole rings is 1. The van der Waals surface area contributed by atoms with Gasteiger partial charge in [-0.15, -0.1) is 6.58 Å². The van der Waals surface area contributed by atoms with Gasteiger partial charge in [-0.3, -0.25) is 0 Å². The molecule has 0 aromatic carbocycles. The number of fused-ring (bicyclic) bond motifs is 1. The summed E-state index contributed by atoms with van der Waals surface area (Å²) in [5.41, 5.74) is 2.16. The van der Waals surface area contributed by atoms with Crippen LogP contribution < -0.4 is 5.32 Å². The van der Waals surface area contributed by atoms with Gasteiger partial charge in [-0.1, -0.05) is 19.1 Å². The molecule has 102 valence electrons. The molecule has 1 N–H and O–H groups in total. The van der Waals surface area contributed by atoms with Crippen LogP contribution in [0, 0.1) is 5.92 Å². The quantitative estimate of drug-likeness (QED) is 0.772. The van der Waals surface area contributed by atoms with E-state index < -0.39 is 0 Å². The molecular weight excluding hydrogens is 234 g/mol. The van der Waals surface area contributed by atoms with Crippen LogP contribution in [-0.4, -0.2) is 22.0 Å². The molecular formula is C16H23N3. The molecule has 0 saturated heterocycles. The Hall–Kier alpha value is -1.61. The fraction of sp³-hybridized carbons (Fsp3) is 0.438. The van der Waals surface area contributed by atoms with Crippen molar-refractivity contribution in [3.8, 4) is 0 Å². The predicted octanol–water partition coefficient (Wildman–Crippen LogP) is 3.07. The van der Waals surface area contributed by atoms with E-state index in [-0.39, 0.29) is 0 Å². The van der Waals surface area contributed by atoms with Gasteiger partial charge in [0.2, 0.25) is 0 Å². The fourth-order valence-corrected chi connectivity index (χ4v) is 2.20. The van der Waals surface area contributed by atoms with E-state index in [1.54, 1.807) is 0 Å². The summed E-state index contributed by atoms with van der Waals surface area (Å²) >= 11 is 0. The Kier molecular flexibility index (Phi) is 4.74. The lowest BCUT2D eigenvalue weighted by atomic mass is 10.00. The molecule has 0 bridgehead atoms. The van der Waals surface area contributed by atoms with Gasteiger partial charge in [-0.2, -0.15) is 0 Å². The van der Waals surface area contributed by atoms with Crippen molar-refractivity contribution in [3.63, 3.8) is 0 Å². The van der Waals surface area contributed by atoms with Gasteiger partial charge < -0.3 is 9.72 Å². The third kappa shape index (κ3) is 3.67. The summed E-state index contributed by atoms with van der Waals surface area (Å²) in [4.78, 5) is 4.60. The molecule has 0 aliphatic carbocycles. The third-order valence-electron chi connectivity index (χ3n) is 3.65. The van der Waals surface area contributed by atoms with Crippen LogP contribution in [0.25, 0.3) is 5.65 Å². The van der Waals surface area contributed by atoms with E-state index in [0.29, 0.717) is 12.0 Å². The largest absolute Gasteiger partial charge is 0.314 e. The standard InChI is InChI=1S/C16H23N3/c1-4-7-13(2)14(3)17-10-9-15-12-19-11-6-5-8-16(19)18-15/h4-6,8,11-14,17H,1,7,9-10H2,2-3H3/t13-,14+/m1/s1. The van der Waals surface area contributed by atoms with Crippen LogP contribution in [0.1, 0.15) is 26.0 Å². The van der Waals surface area contributed by atoms with Crippen LogP contribution in [0.4, 0.5) is 0 Å².